The first-order valence-electron chi connectivity index (χ1n) is 16.2. The molecular formula is C35H42N6O7. The third kappa shape index (κ3) is 8.45. The van der Waals surface area contributed by atoms with Crippen molar-refractivity contribution >= 4 is 29.5 Å². The van der Waals surface area contributed by atoms with Crippen molar-refractivity contribution in [2.75, 3.05) is 26.8 Å². The van der Waals surface area contributed by atoms with Crippen LogP contribution in [0.25, 0.3) is 0 Å². The third-order valence-electron chi connectivity index (χ3n) is 8.86. The number of rotatable bonds is 7. The number of aromatic nitrogens is 1. The molecule has 2 aliphatic rings. The van der Waals surface area contributed by atoms with E-state index in [0.29, 0.717) is 12.8 Å². The number of nitrogens with one attached hydrogen (secondary N) is 4. The van der Waals surface area contributed by atoms with Crippen LogP contribution in [0.3, 0.4) is 0 Å². The average Bonchev–Trinajstić information content (AvgIpc) is 3.54. The van der Waals surface area contributed by atoms with Crippen LogP contribution in [0.1, 0.15) is 53.6 Å². The van der Waals surface area contributed by atoms with Crippen molar-refractivity contribution in [1.29, 1.82) is 0 Å². The molecule has 5 amide bonds. The standard InChI is InChI=1S/C35H42N6O7/c1-23-30(42)38-28(19-25-12-7-4-8-13-25)32(44)39-27(18-24-10-5-3-6-11-24)31(43)36-16-17-41(34(46)35(22-47-2)14-9-15-35)21-26-20-29(40-48-26)33(45)37-23/h3-8,10-13,20,23,27-28H,9,14-19,21-22H2,1-2H3,(H,36,43)(H,37,45)(H,38,42)(H,39,44)/t23-,27+,28-/m0/s1. The van der Waals surface area contributed by atoms with Gasteiger partial charge in [0.25, 0.3) is 5.91 Å². The Bertz CT molecular complexity index is 1590. The minimum absolute atomic E-state index is 0.00182. The van der Waals surface area contributed by atoms with Crippen molar-refractivity contribution < 1.29 is 33.2 Å². The molecule has 5 rings (SSSR count). The van der Waals surface area contributed by atoms with E-state index in [1.165, 1.54) is 13.0 Å². The van der Waals surface area contributed by atoms with Gasteiger partial charge in [-0.25, -0.2) is 0 Å². The topological polar surface area (TPSA) is 172 Å². The minimum Gasteiger partial charge on any atom is -0.384 e. The Morgan fingerprint density at radius 2 is 1.50 bits per heavy atom. The summed E-state index contributed by atoms with van der Waals surface area (Å²) < 4.78 is 10.8. The first-order chi connectivity index (χ1) is 23.2. The second-order valence-corrected chi connectivity index (χ2v) is 12.5. The van der Waals surface area contributed by atoms with E-state index in [2.05, 4.69) is 26.4 Å². The lowest BCUT2D eigenvalue weighted by atomic mass is 9.68. The van der Waals surface area contributed by atoms with Gasteiger partial charge in [0.2, 0.25) is 23.6 Å². The van der Waals surface area contributed by atoms with Gasteiger partial charge in [-0.1, -0.05) is 72.2 Å². The predicted molar refractivity (Wildman–Crippen MR) is 174 cm³/mol. The molecule has 0 saturated heterocycles. The van der Waals surface area contributed by atoms with Crippen LogP contribution in [0.4, 0.5) is 0 Å². The molecule has 2 heterocycles. The number of amides is 5. The van der Waals surface area contributed by atoms with Crippen LogP contribution in [-0.4, -0.2) is 84.5 Å². The van der Waals surface area contributed by atoms with Gasteiger partial charge in [0.1, 0.15) is 18.1 Å². The molecule has 2 aromatic carbocycles. The molecule has 4 N–H and O–H groups in total. The van der Waals surface area contributed by atoms with Gasteiger partial charge >= 0.3 is 0 Å². The smallest absolute Gasteiger partial charge is 0.274 e. The summed E-state index contributed by atoms with van der Waals surface area (Å²) >= 11 is 0. The summed E-state index contributed by atoms with van der Waals surface area (Å²) in [5, 5.41) is 15.0. The van der Waals surface area contributed by atoms with Crippen molar-refractivity contribution in [2.24, 2.45) is 5.41 Å². The summed E-state index contributed by atoms with van der Waals surface area (Å²) in [6, 6.07) is 16.8. The normalized spacial score (nSPS) is 22.2. The Labute approximate surface area is 279 Å². The van der Waals surface area contributed by atoms with Crippen LogP contribution in [0, 0.1) is 5.41 Å². The van der Waals surface area contributed by atoms with Gasteiger partial charge in [-0.2, -0.15) is 0 Å². The van der Waals surface area contributed by atoms with Gasteiger partial charge in [-0.3, -0.25) is 24.0 Å². The molecule has 1 saturated carbocycles. The van der Waals surface area contributed by atoms with E-state index in [-0.39, 0.29) is 56.4 Å². The fourth-order valence-electron chi connectivity index (χ4n) is 6.03. The van der Waals surface area contributed by atoms with Crippen LogP contribution >= 0.6 is 0 Å². The molecule has 0 radical (unpaired) electrons. The van der Waals surface area contributed by atoms with Crippen LogP contribution in [0.2, 0.25) is 0 Å². The Morgan fingerprint density at radius 1 is 0.896 bits per heavy atom. The molecule has 1 aliphatic carbocycles. The van der Waals surface area contributed by atoms with Gasteiger partial charge in [0, 0.05) is 39.1 Å². The molecule has 2 bridgehead atoms. The highest BCUT2D eigenvalue weighted by Crippen LogP contribution is 2.43. The van der Waals surface area contributed by atoms with E-state index in [4.69, 9.17) is 9.26 Å². The van der Waals surface area contributed by atoms with Crippen LogP contribution in [0.5, 0.6) is 0 Å². The number of hydrogen-bond donors (Lipinski definition) is 4. The van der Waals surface area contributed by atoms with E-state index in [9.17, 15) is 24.0 Å². The maximum absolute atomic E-state index is 13.9. The van der Waals surface area contributed by atoms with E-state index < -0.39 is 47.2 Å². The molecule has 13 nitrogen and oxygen atoms in total. The molecule has 1 aromatic heterocycles. The zero-order valence-corrected chi connectivity index (χ0v) is 27.2. The van der Waals surface area contributed by atoms with Crippen LogP contribution < -0.4 is 21.3 Å². The van der Waals surface area contributed by atoms with Crippen molar-refractivity contribution in [3.63, 3.8) is 0 Å². The number of methoxy groups -OCH3 is 1. The van der Waals surface area contributed by atoms with Crippen molar-refractivity contribution in [2.45, 2.75) is 63.7 Å². The highest BCUT2D eigenvalue weighted by Gasteiger charge is 2.46. The highest BCUT2D eigenvalue weighted by molar-refractivity contribution is 5.97. The largest absolute Gasteiger partial charge is 0.384 e. The molecular weight excluding hydrogens is 616 g/mol. The Balaban J connectivity index is 1.44. The summed E-state index contributed by atoms with van der Waals surface area (Å²) in [6.45, 7) is 1.96. The van der Waals surface area contributed by atoms with E-state index in [1.807, 2.05) is 60.7 Å². The van der Waals surface area contributed by atoms with Gasteiger partial charge in [-0.05, 0) is 30.9 Å². The number of fused-ring (bicyclic) bond motifs is 2. The second kappa shape index (κ2) is 15.7. The molecule has 1 fully saturated rings. The molecule has 0 unspecified atom stereocenters. The first kappa shape index (κ1) is 34.3. The molecule has 13 heteroatoms. The molecule has 0 spiro atoms. The van der Waals surface area contributed by atoms with Gasteiger partial charge in [0.15, 0.2) is 11.5 Å². The Hall–Kier alpha value is -5.04. The van der Waals surface area contributed by atoms with Gasteiger partial charge in [0.05, 0.1) is 18.6 Å². The fourth-order valence-corrected chi connectivity index (χ4v) is 6.03. The zero-order chi connectivity index (χ0) is 34.1. The van der Waals surface area contributed by atoms with Crippen molar-refractivity contribution in [1.82, 2.24) is 31.3 Å². The minimum atomic E-state index is -1.06. The highest BCUT2D eigenvalue weighted by atomic mass is 16.5. The van der Waals surface area contributed by atoms with Crippen molar-refractivity contribution in [3.05, 3.63) is 89.3 Å². The molecule has 3 atom stereocenters. The zero-order valence-electron chi connectivity index (χ0n) is 27.2. The van der Waals surface area contributed by atoms with Gasteiger partial charge < -0.3 is 35.4 Å². The van der Waals surface area contributed by atoms with E-state index in [0.717, 1.165) is 17.5 Å². The SMILES string of the molecule is COCC1(C(=O)N2CCNC(=O)[C@@H](Cc3ccccc3)NC(=O)[C@H](Cc3ccccc3)NC(=O)[C@H](C)NC(=O)c3cc(on3)C2)CCC1. The number of nitrogens with zero attached hydrogens (tertiary/aromatic N) is 2. The molecule has 3 aromatic rings. The van der Waals surface area contributed by atoms with Crippen molar-refractivity contribution in [3.8, 4) is 0 Å². The lowest BCUT2D eigenvalue weighted by Crippen LogP contribution is -2.57. The van der Waals surface area contributed by atoms with Gasteiger partial charge in [-0.15, -0.1) is 0 Å². The number of benzene rings is 2. The summed E-state index contributed by atoms with van der Waals surface area (Å²) in [5.74, 6) is -2.14. The molecule has 1 aliphatic heterocycles. The third-order valence-corrected chi connectivity index (χ3v) is 8.86. The van der Waals surface area contributed by atoms with Crippen LogP contribution in [0.15, 0.2) is 71.3 Å². The van der Waals surface area contributed by atoms with E-state index in [1.54, 1.807) is 12.0 Å². The summed E-state index contributed by atoms with van der Waals surface area (Å²) in [7, 11) is 1.56. The maximum atomic E-state index is 13.9. The average molecular weight is 659 g/mol. The number of carbonyl (C=O) groups excluding carboxylic acids is 5. The Morgan fingerprint density at radius 3 is 2.08 bits per heavy atom. The summed E-state index contributed by atoms with van der Waals surface area (Å²) in [4.78, 5) is 69.4. The lowest BCUT2D eigenvalue weighted by Gasteiger charge is -2.42. The predicted octanol–water partition coefficient (Wildman–Crippen LogP) is 1.52. The monoisotopic (exact) mass is 658 g/mol. The van der Waals surface area contributed by atoms with E-state index >= 15 is 0 Å². The first-order valence-corrected chi connectivity index (χ1v) is 16.2. The quantitative estimate of drug-likeness (QED) is 0.296. The number of ether oxygens (including phenoxy) is 1. The number of carbonyl (C=O) groups is 5. The number of hydrogen-bond acceptors (Lipinski definition) is 8. The van der Waals surface area contributed by atoms with Crippen LogP contribution in [-0.2, 0) is 43.3 Å². The molecule has 48 heavy (non-hydrogen) atoms. The second-order valence-electron chi connectivity index (χ2n) is 12.5. The Kier molecular flexibility index (Phi) is 11.2. The lowest BCUT2D eigenvalue weighted by molar-refractivity contribution is -0.153. The fraction of sp³-hybridized carbons (Fsp3) is 0.429. The molecule has 254 valence electrons. The summed E-state index contributed by atoms with van der Waals surface area (Å²) in [5.41, 5.74) is 0.864. The maximum Gasteiger partial charge on any atom is 0.274 e. The summed E-state index contributed by atoms with van der Waals surface area (Å²) in [6.07, 6.45) is 2.57.